The molecule has 2 aromatic carbocycles. The number of hydrogen-bond donors (Lipinski definition) is 1. The molecule has 1 N–H and O–H groups in total. The molecule has 0 radical (unpaired) electrons. The maximum Gasteiger partial charge on any atom is 0.410 e. The van der Waals surface area contributed by atoms with E-state index in [-0.39, 0.29) is 31.9 Å². The Labute approximate surface area is 227 Å². The lowest BCUT2D eigenvalue weighted by molar-refractivity contribution is -0.145. The number of nitrogens with one attached hydrogen (secondary N) is 1. The van der Waals surface area contributed by atoms with Gasteiger partial charge in [0.1, 0.15) is 6.61 Å². The summed E-state index contributed by atoms with van der Waals surface area (Å²) in [5, 5.41) is 2.34. The van der Waals surface area contributed by atoms with E-state index in [1.165, 1.54) is 0 Å². The van der Waals surface area contributed by atoms with E-state index in [0.29, 0.717) is 44.6 Å². The maximum atomic E-state index is 13.4. The SMILES string of the molecule is CCC1(c2ccccc2)C(=O)NC(=O)N(CCCCC(=O)N2CCN(C(=O)OCc3ccccc3)CC2)C1=O. The van der Waals surface area contributed by atoms with Gasteiger partial charge in [-0.1, -0.05) is 67.6 Å². The van der Waals surface area contributed by atoms with E-state index in [9.17, 15) is 24.0 Å². The van der Waals surface area contributed by atoms with Crippen LogP contribution in [0.4, 0.5) is 9.59 Å². The molecule has 0 aromatic heterocycles. The first-order chi connectivity index (χ1) is 18.9. The van der Waals surface area contributed by atoms with Crippen molar-refractivity contribution >= 4 is 29.8 Å². The number of benzene rings is 2. The molecule has 2 saturated heterocycles. The molecule has 206 valence electrons. The predicted molar refractivity (Wildman–Crippen MR) is 142 cm³/mol. The molecule has 0 saturated carbocycles. The Balaban J connectivity index is 1.22. The van der Waals surface area contributed by atoms with Crippen molar-refractivity contribution in [3.05, 3.63) is 71.8 Å². The van der Waals surface area contributed by atoms with E-state index in [4.69, 9.17) is 4.74 Å². The molecule has 2 fully saturated rings. The van der Waals surface area contributed by atoms with Gasteiger partial charge < -0.3 is 14.5 Å². The standard InChI is InChI=1S/C29H34N4O6/c1-2-29(23-13-7-4-8-14-23)25(35)30-27(37)33(26(29)36)16-10-9-15-24(34)31-17-19-32(20-18-31)28(38)39-21-22-11-5-3-6-12-22/h3-8,11-14H,2,9-10,15-21H2,1H3,(H,30,35,37). The van der Waals surface area contributed by atoms with Crippen molar-refractivity contribution in [3.63, 3.8) is 0 Å². The van der Waals surface area contributed by atoms with Gasteiger partial charge in [-0.25, -0.2) is 9.59 Å². The highest BCUT2D eigenvalue weighted by Gasteiger charge is 2.53. The van der Waals surface area contributed by atoms with Gasteiger partial charge >= 0.3 is 12.1 Å². The molecular weight excluding hydrogens is 500 g/mol. The van der Waals surface area contributed by atoms with Crippen LogP contribution in [-0.4, -0.2) is 77.3 Å². The van der Waals surface area contributed by atoms with Crippen LogP contribution in [0.25, 0.3) is 0 Å². The third kappa shape index (κ3) is 6.10. The van der Waals surface area contributed by atoms with E-state index < -0.39 is 29.4 Å². The van der Waals surface area contributed by atoms with E-state index in [1.807, 2.05) is 30.3 Å². The Kier molecular flexibility index (Phi) is 8.96. The number of amides is 6. The maximum absolute atomic E-state index is 13.4. The number of barbiturate groups is 1. The lowest BCUT2D eigenvalue weighted by Crippen LogP contribution is -2.65. The Morgan fingerprint density at radius 1 is 0.872 bits per heavy atom. The summed E-state index contributed by atoms with van der Waals surface area (Å²) in [4.78, 5) is 68.2. The third-order valence-corrected chi connectivity index (χ3v) is 7.38. The number of ether oxygens (including phenoxy) is 1. The summed E-state index contributed by atoms with van der Waals surface area (Å²) in [6.07, 6.45) is 0.995. The van der Waals surface area contributed by atoms with Crippen LogP contribution in [0.15, 0.2) is 60.7 Å². The van der Waals surface area contributed by atoms with Crippen LogP contribution in [0.1, 0.15) is 43.7 Å². The molecule has 39 heavy (non-hydrogen) atoms. The van der Waals surface area contributed by atoms with Gasteiger partial charge in [-0.15, -0.1) is 0 Å². The van der Waals surface area contributed by atoms with Crippen LogP contribution in [0.2, 0.25) is 0 Å². The van der Waals surface area contributed by atoms with Crippen LogP contribution < -0.4 is 5.32 Å². The number of urea groups is 1. The minimum Gasteiger partial charge on any atom is -0.445 e. The van der Waals surface area contributed by atoms with Crippen LogP contribution >= 0.6 is 0 Å². The quantitative estimate of drug-likeness (QED) is 0.391. The molecule has 1 atom stereocenters. The highest BCUT2D eigenvalue weighted by Crippen LogP contribution is 2.33. The molecule has 2 aliphatic rings. The molecule has 10 heteroatoms. The van der Waals surface area contributed by atoms with Crippen LogP contribution in [-0.2, 0) is 31.1 Å². The second-order valence-electron chi connectivity index (χ2n) is 9.71. The van der Waals surface area contributed by atoms with Crippen molar-refractivity contribution < 1.29 is 28.7 Å². The Bertz CT molecular complexity index is 1200. The number of carbonyl (C=O) groups excluding carboxylic acids is 5. The average Bonchev–Trinajstić information content (AvgIpc) is 2.97. The molecule has 0 aliphatic carbocycles. The van der Waals surface area contributed by atoms with E-state index >= 15 is 0 Å². The van der Waals surface area contributed by atoms with Crippen molar-refractivity contribution in [2.24, 2.45) is 0 Å². The normalized spacial score (nSPS) is 19.6. The third-order valence-electron chi connectivity index (χ3n) is 7.38. The molecule has 2 heterocycles. The number of imide groups is 2. The summed E-state index contributed by atoms with van der Waals surface area (Å²) in [6, 6.07) is 17.5. The van der Waals surface area contributed by atoms with Gasteiger partial charge in [0.15, 0.2) is 5.41 Å². The van der Waals surface area contributed by atoms with Gasteiger partial charge in [-0.2, -0.15) is 0 Å². The van der Waals surface area contributed by atoms with Crippen LogP contribution in [0, 0.1) is 0 Å². The van der Waals surface area contributed by atoms with Crippen molar-refractivity contribution in [3.8, 4) is 0 Å². The number of carbonyl (C=O) groups is 5. The highest BCUT2D eigenvalue weighted by atomic mass is 16.6. The molecule has 4 rings (SSSR count). The topological polar surface area (TPSA) is 116 Å². The summed E-state index contributed by atoms with van der Waals surface area (Å²) in [5.74, 6) is -1.18. The van der Waals surface area contributed by atoms with Gasteiger partial charge in [0.05, 0.1) is 0 Å². The Hall–Kier alpha value is -4.21. The summed E-state index contributed by atoms with van der Waals surface area (Å²) in [6.45, 7) is 3.70. The van der Waals surface area contributed by atoms with Crippen molar-refractivity contribution in [1.82, 2.24) is 20.0 Å². The zero-order chi connectivity index (χ0) is 27.8. The fraction of sp³-hybridized carbons (Fsp3) is 0.414. The first-order valence-corrected chi connectivity index (χ1v) is 13.3. The summed E-state index contributed by atoms with van der Waals surface area (Å²) >= 11 is 0. The van der Waals surface area contributed by atoms with Crippen LogP contribution in [0.3, 0.4) is 0 Å². The molecule has 1 unspecified atom stereocenters. The monoisotopic (exact) mass is 534 g/mol. The average molecular weight is 535 g/mol. The second-order valence-corrected chi connectivity index (χ2v) is 9.71. The highest BCUT2D eigenvalue weighted by molar-refractivity contribution is 6.22. The minimum atomic E-state index is -1.45. The van der Waals surface area contributed by atoms with Crippen molar-refractivity contribution in [1.29, 1.82) is 0 Å². The largest absolute Gasteiger partial charge is 0.445 e. The van der Waals surface area contributed by atoms with E-state index in [1.54, 1.807) is 47.1 Å². The number of piperazine rings is 1. The van der Waals surface area contributed by atoms with Gasteiger partial charge in [0.2, 0.25) is 11.8 Å². The summed E-state index contributed by atoms with van der Waals surface area (Å²) in [7, 11) is 0. The molecule has 10 nitrogen and oxygen atoms in total. The predicted octanol–water partition coefficient (Wildman–Crippen LogP) is 3.06. The smallest absolute Gasteiger partial charge is 0.410 e. The van der Waals surface area contributed by atoms with Gasteiger partial charge in [0.25, 0.3) is 5.91 Å². The molecular formula is C29H34N4O6. The zero-order valence-electron chi connectivity index (χ0n) is 22.1. The van der Waals surface area contributed by atoms with Crippen LogP contribution in [0.5, 0.6) is 0 Å². The molecule has 0 bridgehead atoms. The molecule has 2 aromatic rings. The molecule has 6 amide bonds. The Morgan fingerprint density at radius 3 is 2.13 bits per heavy atom. The summed E-state index contributed by atoms with van der Waals surface area (Å²) in [5.41, 5.74) is 0.00798. The lowest BCUT2D eigenvalue weighted by Gasteiger charge is -2.39. The summed E-state index contributed by atoms with van der Waals surface area (Å²) < 4.78 is 5.37. The minimum absolute atomic E-state index is 0.0379. The fourth-order valence-corrected chi connectivity index (χ4v) is 5.04. The number of hydrogen-bond acceptors (Lipinski definition) is 6. The number of nitrogens with zero attached hydrogens (tertiary/aromatic N) is 3. The number of rotatable bonds is 9. The van der Waals surface area contributed by atoms with Gasteiger partial charge in [-0.05, 0) is 30.4 Å². The van der Waals surface area contributed by atoms with Gasteiger partial charge in [0, 0.05) is 39.1 Å². The Morgan fingerprint density at radius 2 is 1.49 bits per heavy atom. The zero-order valence-corrected chi connectivity index (χ0v) is 22.1. The lowest BCUT2D eigenvalue weighted by atomic mass is 9.74. The molecule has 2 aliphatic heterocycles. The van der Waals surface area contributed by atoms with E-state index in [0.717, 1.165) is 10.5 Å². The molecule has 0 spiro atoms. The van der Waals surface area contributed by atoms with E-state index in [2.05, 4.69) is 5.32 Å². The van der Waals surface area contributed by atoms with Crippen molar-refractivity contribution in [2.75, 3.05) is 32.7 Å². The first-order valence-electron chi connectivity index (χ1n) is 13.3. The fourth-order valence-electron chi connectivity index (χ4n) is 5.04. The van der Waals surface area contributed by atoms with Gasteiger partial charge in [-0.3, -0.25) is 24.6 Å². The number of unbranched alkanes of at least 4 members (excludes halogenated alkanes) is 1. The van der Waals surface area contributed by atoms with Crippen molar-refractivity contribution in [2.45, 2.75) is 44.6 Å². The second kappa shape index (κ2) is 12.6. The first kappa shape index (κ1) is 27.8.